The van der Waals surface area contributed by atoms with E-state index in [9.17, 15) is 4.79 Å². The summed E-state index contributed by atoms with van der Waals surface area (Å²) in [6.45, 7) is 2.50. The van der Waals surface area contributed by atoms with Crippen LogP contribution >= 0.6 is 11.6 Å². The zero-order valence-electron chi connectivity index (χ0n) is 11.2. The number of nitrogens with zero attached hydrogens (tertiary/aromatic N) is 1. The number of anilines is 1. The Morgan fingerprint density at radius 1 is 1.10 bits per heavy atom. The van der Waals surface area contributed by atoms with E-state index in [2.05, 4.69) is 0 Å². The molecule has 0 aliphatic rings. The minimum atomic E-state index is -0.848. The highest BCUT2D eigenvalue weighted by Gasteiger charge is 2.11. The van der Waals surface area contributed by atoms with Gasteiger partial charge in [-0.25, -0.2) is 0 Å². The third kappa shape index (κ3) is 4.00. The molecule has 0 aliphatic carbocycles. The molecule has 2 aromatic rings. The molecule has 0 aliphatic heterocycles. The lowest BCUT2D eigenvalue weighted by Gasteiger charge is -2.23. The van der Waals surface area contributed by atoms with Gasteiger partial charge in [-0.3, -0.25) is 4.79 Å². The van der Waals surface area contributed by atoms with Crippen molar-refractivity contribution in [2.75, 3.05) is 11.4 Å². The van der Waals surface area contributed by atoms with E-state index < -0.39 is 5.97 Å². The minimum absolute atomic E-state index is 0.0360. The molecule has 0 saturated carbocycles. The number of aliphatic carboxylic acids is 1. The van der Waals surface area contributed by atoms with Crippen LogP contribution in [0.2, 0.25) is 5.02 Å². The standard InChI is InChI=1S/C16H16ClNO2/c1-12-2-8-15(9-3-12)18(11-16(19)20)10-13-4-6-14(17)7-5-13/h2-9H,10-11H2,1H3,(H,19,20). The fraction of sp³-hybridized carbons (Fsp3) is 0.188. The second-order valence-electron chi connectivity index (χ2n) is 4.71. The van der Waals surface area contributed by atoms with E-state index in [0.717, 1.165) is 16.8 Å². The van der Waals surface area contributed by atoms with Crippen LogP contribution in [0.3, 0.4) is 0 Å². The summed E-state index contributed by atoms with van der Waals surface area (Å²) in [4.78, 5) is 12.9. The number of rotatable bonds is 5. The van der Waals surface area contributed by atoms with Gasteiger partial charge in [0.1, 0.15) is 6.54 Å². The van der Waals surface area contributed by atoms with E-state index in [1.807, 2.05) is 60.4 Å². The molecule has 20 heavy (non-hydrogen) atoms. The molecule has 2 rings (SSSR count). The SMILES string of the molecule is Cc1ccc(N(CC(=O)O)Cc2ccc(Cl)cc2)cc1. The monoisotopic (exact) mass is 289 g/mol. The van der Waals surface area contributed by atoms with Crippen LogP contribution in [0.15, 0.2) is 48.5 Å². The fourth-order valence-corrected chi connectivity index (χ4v) is 2.09. The normalized spacial score (nSPS) is 10.3. The van der Waals surface area contributed by atoms with Gasteiger partial charge in [-0.2, -0.15) is 0 Å². The first-order valence-corrected chi connectivity index (χ1v) is 6.70. The summed E-state index contributed by atoms with van der Waals surface area (Å²) in [5.41, 5.74) is 3.07. The lowest BCUT2D eigenvalue weighted by molar-refractivity contribution is -0.135. The molecular weight excluding hydrogens is 274 g/mol. The van der Waals surface area contributed by atoms with Gasteiger partial charge in [-0.15, -0.1) is 0 Å². The highest BCUT2D eigenvalue weighted by Crippen LogP contribution is 2.19. The fourth-order valence-electron chi connectivity index (χ4n) is 1.97. The average Bonchev–Trinajstić information content (AvgIpc) is 2.41. The molecule has 0 atom stereocenters. The van der Waals surface area contributed by atoms with E-state index in [4.69, 9.17) is 16.7 Å². The molecule has 2 aromatic carbocycles. The smallest absolute Gasteiger partial charge is 0.323 e. The average molecular weight is 290 g/mol. The Morgan fingerprint density at radius 3 is 2.25 bits per heavy atom. The maximum absolute atomic E-state index is 11.0. The van der Waals surface area contributed by atoms with Crippen molar-refractivity contribution in [3.8, 4) is 0 Å². The summed E-state index contributed by atoms with van der Waals surface area (Å²) in [6, 6.07) is 15.3. The van der Waals surface area contributed by atoms with Crippen molar-refractivity contribution in [2.45, 2.75) is 13.5 Å². The van der Waals surface area contributed by atoms with Crippen molar-refractivity contribution in [3.05, 3.63) is 64.7 Å². The molecule has 3 nitrogen and oxygen atoms in total. The molecule has 0 heterocycles. The maximum atomic E-state index is 11.0. The molecule has 0 bridgehead atoms. The first kappa shape index (κ1) is 14.4. The van der Waals surface area contributed by atoms with Crippen molar-refractivity contribution in [3.63, 3.8) is 0 Å². The predicted octanol–water partition coefficient (Wildman–Crippen LogP) is 3.74. The Bertz CT molecular complexity index is 578. The van der Waals surface area contributed by atoms with Crippen LogP contribution in [-0.4, -0.2) is 17.6 Å². The van der Waals surface area contributed by atoms with Gasteiger partial charge in [-0.05, 0) is 36.8 Å². The Kier molecular flexibility index (Phi) is 4.64. The quantitative estimate of drug-likeness (QED) is 0.911. The molecule has 104 valence electrons. The van der Waals surface area contributed by atoms with Crippen molar-refractivity contribution >= 4 is 23.3 Å². The topological polar surface area (TPSA) is 40.5 Å². The van der Waals surface area contributed by atoms with Gasteiger partial charge in [0.25, 0.3) is 0 Å². The number of carboxylic acids is 1. The second kappa shape index (κ2) is 6.44. The molecule has 0 amide bonds. The Labute approximate surface area is 123 Å². The van der Waals surface area contributed by atoms with E-state index >= 15 is 0 Å². The number of halogens is 1. The number of carbonyl (C=O) groups is 1. The maximum Gasteiger partial charge on any atom is 0.323 e. The van der Waals surface area contributed by atoms with Gasteiger partial charge in [-0.1, -0.05) is 41.4 Å². The van der Waals surface area contributed by atoms with Crippen LogP contribution in [0, 0.1) is 6.92 Å². The molecule has 0 fully saturated rings. The number of hydrogen-bond acceptors (Lipinski definition) is 2. The number of carboxylic acid groups (broad SMARTS) is 1. The van der Waals surface area contributed by atoms with Gasteiger partial charge >= 0.3 is 5.97 Å². The summed E-state index contributed by atoms with van der Waals surface area (Å²) in [6.07, 6.45) is 0. The summed E-state index contributed by atoms with van der Waals surface area (Å²) < 4.78 is 0. The van der Waals surface area contributed by atoms with Gasteiger partial charge < -0.3 is 10.0 Å². The van der Waals surface area contributed by atoms with Crippen LogP contribution < -0.4 is 4.90 Å². The van der Waals surface area contributed by atoms with Crippen LogP contribution in [0.4, 0.5) is 5.69 Å². The molecule has 0 unspecified atom stereocenters. The second-order valence-corrected chi connectivity index (χ2v) is 5.15. The van der Waals surface area contributed by atoms with Crippen LogP contribution in [0.1, 0.15) is 11.1 Å². The zero-order chi connectivity index (χ0) is 14.5. The lowest BCUT2D eigenvalue weighted by Crippen LogP contribution is -2.29. The van der Waals surface area contributed by atoms with E-state index in [1.165, 1.54) is 0 Å². The molecule has 0 spiro atoms. The minimum Gasteiger partial charge on any atom is -0.480 e. The molecule has 0 radical (unpaired) electrons. The molecule has 0 saturated heterocycles. The summed E-state index contributed by atoms with van der Waals surface area (Å²) >= 11 is 5.86. The van der Waals surface area contributed by atoms with Gasteiger partial charge in [0.05, 0.1) is 0 Å². The summed E-state index contributed by atoms with van der Waals surface area (Å²) in [7, 11) is 0. The molecule has 0 aromatic heterocycles. The van der Waals surface area contributed by atoms with Crippen LogP contribution in [-0.2, 0) is 11.3 Å². The van der Waals surface area contributed by atoms with Crippen molar-refractivity contribution in [2.24, 2.45) is 0 Å². The van der Waals surface area contributed by atoms with E-state index in [1.54, 1.807) is 0 Å². The molecular formula is C16H16ClNO2. The highest BCUT2D eigenvalue weighted by atomic mass is 35.5. The van der Waals surface area contributed by atoms with E-state index in [-0.39, 0.29) is 6.54 Å². The third-order valence-electron chi connectivity index (χ3n) is 3.01. The number of aryl methyl sites for hydroxylation is 1. The van der Waals surface area contributed by atoms with Crippen LogP contribution in [0.25, 0.3) is 0 Å². The van der Waals surface area contributed by atoms with Crippen molar-refractivity contribution in [1.29, 1.82) is 0 Å². The highest BCUT2D eigenvalue weighted by molar-refractivity contribution is 6.30. The molecule has 1 N–H and O–H groups in total. The molecule has 4 heteroatoms. The number of hydrogen-bond donors (Lipinski definition) is 1. The van der Waals surface area contributed by atoms with E-state index in [0.29, 0.717) is 11.6 Å². The zero-order valence-corrected chi connectivity index (χ0v) is 12.0. The Hall–Kier alpha value is -2.00. The third-order valence-corrected chi connectivity index (χ3v) is 3.26. The van der Waals surface area contributed by atoms with Gasteiger partial charge in [0, 0.05) is 17.3 Å². The van der Waals surface area contributed by atoms with Crippen LogP contribution in [0.5, 0.6) is 0 Å². The van der Waals surface area contributed by atoms with Gasteiger partial charge in [0.2, 0.25) is 0 Å². The lowest BCUT2D eigenvalue weighted by atomic mass is 10.1. The first-order valence-electron chi connectivity index (χ1n) is 6.32. The predicted molar refractivity (Wildman–Crippen MR) is 81.3 cm³/mol. The Morgan fingerprint density at radius 2 is 1.70 bits per heavy atom. The first-order chi connectivity index (χ1) is 9.54. The summed E-state index contributed by atoms with van der Waals surface area (Å²) in [5, 5.41) is 9.73. The van der Waals surface area contributed by atoms with Gasteiger partial charge in [0.15, 0.2) is 0 Å². The number of benzene rings is 2. The van der Waals surface area contributed by atoms with Crippen molar-refractivity contribution in [1.82, 2.24) is 0 Å². The Balaban J connectivity index is 2.21. The summed E-state index contributed by atoms with van der Waals surface area (Å²) in [5.74, 6) is -0.848. The largest absolute Gasteiger partial charge is 0.480 e. The van der Waals surface area contributed by atoms with Crippen molar-refractivity contribution < 1.29 is 9.90 Å².